The zero-order chi connectivity index (χ0) is 13.3. The van der Waals surface area contributed by atoms with Crippen molar-refractivity contribution in [3.05, 3.63) is 30.2 Å². The number of aliphatic hydroxyl groups excluding tert-OH is 1. The van der Waals surface area contributed by atoms with Crippen molar-refractivity contribution in [3.8, 4) is 0 Å². The number of rotatable bonds is 5. The van der Waals surface area contributed by atoms with Gasteiger partial charge in [-0.05, 0) is 37.0 Å². The summed E-state index contributed by atoms with van der Waals surface area (Å²) in [4.78, 5) is 15.9. The average molecular weight is 260 g/mol. The quantitative estimate of drug-likeness (QED) is 0.848. The summed E-state index contributed by atoms with van der Waals surface area (Å²) in [7, 11) is 0. The van der Waals surface area contributed by atoms with Crippen LogP contribution in [0.25, 0.3) is 11.1 Å². The highest BCUT2D eigenvalue weighted by Gasteiger charge is 2.49. The first-order chi connectivity index (χ1) is 9.23. The number of oxazole rings is 1. The lowest BCUT2D eigenvalue weighted by Crippen LogP contribution is -2.35. The Balaban J connectivity index is 1.56. The highest BCUT2D eigenvalue weighted by Crippen LogP contribution is 2.45. The zero-order valence-electron chi connectivity index (χ0n) is 10.6. The second kappa shape index (κ2) is 4.66. The molecule has 1 aromatic heterocycles. The number of carbonyl (C=O) groups is 1. The van der Waals surface area contributed by atoms with Gasteiger partial charge in [-0.2, -0.15) is 0 Å². The Labute approximate surface area is 110 Å². The summed E-state index contributed by atoms with van der Waals surface area (Å²) in [6.45, 7) is 0.517. The van der Waals surface area contributed by atoms with Crippen molar-refractivity contribution in [2.24, 2.45) is 5.41 Å². The van der Waals surface area contributed by atoms with Crippen LogP contribution >= 0.6 is 0 Å². The topological polar surface area (TPSA) is 75.4 Å². The lowest BCUT2D eigenvalue weighted by Gasteiger charge is -2.12. The summed E-state index contributed by atoms with van der Waals surface area (Å²) in [6.07, 6.45) is 3.75. The number of hydrogen-bond donors (Lipinski definition) is 2. The summed E-state index contributed by atoms with van der Waals surface area (Å²) >= 11 is 0. The lowest BCUT2D eigenvalue weighted by molar-refractivity contribution is -0.127. The number of fused-ring (bicyclic) bond motifs is 1. The minimum absolute atomic E-state index is 0.0317. The Morgan fingerprint density at radius 2 is 2.32 bits per heavy atom. The molecule has 0 spiro atoms. The Kier molecular flexibility index (Phi) is 2.98. The number of nitrogens with zero attached hydrogens (tertiary/aromatic N) is 1. The van der Waals surface area contributed by atoms with Gasteiger partial charge in [0.2, 0.25) is 5.91 Å². The van der Waals surface area contributed by atoms with E-state index in [9.17, 15) is 4.79 Å². The average Bonchev–Trinajstić information content (AvgIpc) is 3.10. The Hall–Kier alpha value is -1.88. The number of nitrogens with one attached hydrogen (secondary N) is 1. The maximum absolute atomic E-state index is 11.8. The van der Waals surface area contributed by atoms with Crippen molar-refractivity contribution in [1.82, 2.24) is 10.3 Å². The fraction of sp³-hybridized carbons (Fsp3) is 0.429. The van der Waals surface area contributed by atoms with Crippen LogP contribution in [-0.2, 0) is 11.2 Å². The van der Waals surface area contributed by atoms with Gasteiger partial charge in [0.1, 0.15) is 5.52 Å². The van der Waals surface area contributed by atoms with E-state index in [1.54, 1.807) is 0 Å². The number of hydrogen-bond acceptors (Lipinski definition) is 4. The van der Waals surface area contributed by atoms with E-state index in [1.165, 1.54) is 6.39 Å². The van der Waals surface area contributed by atoms with E-state index in [-0.39, 0.29) is 12.5 Å². The first-order valence-corrected chi connectivity index (χ1v) is 6.45. The maximum Gasteiger partial charge on any atom is 0.228 e. The van der Waals surface area contributed by atoms with Gasteiger partial charge in [-0.15, -0.1) is 0 Å². The smallest absolute Gasteiger partial charge is 0.228 e. The minimum atomic E-state index is -0.491. The molecule has 0 bridgehead atoms. The summed E-state index contributed by atoms with van der Waals surface area (Å²) in [5.74, 6) is -0.0317. The summed E-state index contributed by atoms with van der Waals surface area (Å²) in [5.41, 5.74) is 2.20. The molecule has 100 valence electrons. The van der Waals surface area contributed by atoms with E-state index < -0.39 is 5.41 Å². The largest absolute Gasteiger partial charge is 0.443 e. The van der Waals surface area contributed by atoms with Gasteiger partial charge in [0.25, 0.3) is 0 Å². The first-order valence-electron chi connectivity index (χ1n) is 6.45. The fourth-order valence-corrected chi connectivity index (χ4v) is 2.17. The number of carbonyl (C=O) groups excluding carboxylic acids is 1. The number of aliphatic hydroxyl groups is 1. The first kappa shape index (κ1) is 12.2. The van der Waals surface area contributed by atoms with Gasteiger partial charge in [0, 0.05) is 6.54 Å². The molecule has 1 fully saturated rings. The third-order valence-corrected chi connectivity index (χ3v) is 3.73. The standard InChI is InChI=1S/C14H16N2O3/c17-8-14(4-5-14)13(18)15-6-3-10-1-2-11-12(7-10)19-9-16-11/h1-2,7,9,17H,3-6,8H2,(H,15,18). The molecule has 0 atom stereocenters. The van der Waals surface area contributed by atoms with E-state index in [0.29, 0.717) is 6.54 Å². The molecule has 2 aromatic rings. The fourth-order valence-electron chi connectivity index (χ4n) is 2.17. The third kappa shape index (κ3) is 2.33. The number of benzene rings is 1. The van der Waals surface area contributed by atoms with E-state index in [1.807, 2.05) is 18.2 Å². The Morgan fingerprint density at radius 3 is 3.05 bits per heavy atom. The monoisotopic (exact) mass is 260 g/mol. The molecule has 1 saturated carbocycles. The highest BCUT2D eigenvalue weighted by molar-refractivity contribution is 5.85. The summed E-state index contributed by atoms with van der Waals surface area (Å²) in [6, 6.07) is 5.83. The van der Waals surface area contributed by atoms with Gasteiger partial charge >= 0.3 is 0 Å². The molecule has 1 heterocycles. The SMILES string of the molecule is O=C(NCCc1ccc2ncoc2c1)C1(CO)CC1. The minimum Gasteiger partial charge on any atom is -0.443 e. The lowest BCUT2D eigenvalue weighted by atomic mass is 10.1. The number of aromatic nitrogens is 1. The van der Waals surface area contributed by atoms with Crippen LogP contribution in [0, 0.1) is 5.41 Å². The molecule has 0 aliphatic heterocycles. The second-order valence-corrected chi connectivity index (χ2v) is 5.10. The van der Waals surface area contributed by atoms with Crippen molar-refractivity contribution in [2.75, 3.05) is 13.2 Å². The molecular formula is C14H16N2O3. The van der Waals surface area contributed by atoms with Crippen molar-refractivity contribution in [3.63, 3.8) is 0 Å². The molecular weight excluding hydrogens is 244 g/mol. The third-order valence-electron chi connectivity index (χ3n) is 3.73. The molecule has 1 aliphatic rings. The summed E-state index contributed by atoms with van der Waals surface area (Å²) < 4.78 is 5.24. The van der Waals surface area contributed by atoms with Crippen molar-refractivity contribution >= 4 is 17.0 Å². The van der Waals surface area contributed by atoms with Crippen LogP contribution < -0.4 is 5.32 Å². The van der Waals surface area contributed by atoms with Crippen LogP contribution in [-0.4, -0.2) is 29.1 Å². The van der Waals surface area contributed by atoms with E-state index in [2.05, 4.69) is 10.3 Å². The van der Waals surface area contributed by atoms with Gasteiger partial charge in [-0.3, -0.25) is 4.79 Å². The van der Waals surface area contributed by atoms with Crippen LogP contribution in [0.4, 0.5) is 0 Å². The summed E-state index contributed by atoms with van der Waals surface area (Å²) in [5, 5.41) is 12.0. The van der Waals surface area contributed by atoms with Crippen molar-refractivity contribution in [1.29, 1.82) is 0 Å². The van der Waals surface area contributed by atoms with Crippen LogP contribution in [0.2, 0.25) is 0 Å². The van der Waals surface area contributed by atoms with Crippen molar-refractivity contribution in [2.45, 2.75) is 19.3 Å². The van der Waals surface area contributed by atoms with Gasteiger partial charge in [0.15, 0.2) is 12.0 Å². The zero-order valence-corrected chi connectivity index (χ0v) is 10.6. The van der Waals surface area contributed by atoms with Gasteiger partial charge in [-0.1, -0.05) is 6.07 Å². The molecule has 1 aliphatic carbocycles. The van der Waals surface area contributed by atoms with Crippen LogP contribution in [0.3, 0.4) is 0 Å². The molecule has 5 heteroatoms. The predicted octanol–water partition coefficient (Wildman–Crippen LogP) is 1.26. The molecule has 19 heavy (non-hydrogen) atoms. The van der Waals surface area contributed by atoms with Crippen LogP contribution in [0.15, 0.2) is 29.0 Å². The van der Waals surface area contributed by atoms with E-state index >= 15 is 0 Å². The Morgan fingerprint density at radius 1 is 1.47 bits per heavy atom. The normalized spacial score (nSPS) is 16.5. The van der Waals surface area contributed by atoms with Gasteiger partial charge in [-0.25, -0.2) is 4.98 Å². The van der Waals surface area contributed by atoms with Crippen molar-refractivity contribution < 1.29 is 14.3 Å². The molecule has 1 aromatic carbocycles. The van der Waals surface area contributed by atoms with E-state index in [4.69, 9.17) is 9.52 Å². The van der Waals surface area contributed by atoms with Gasteiger partial charge < -0.3 is 14.8 Å². The maximum atomic E-state index is 11.8. The molecule has 1 amide bonds. The molecule has 5 nitrogen and oxygen atoms in total. The predicted molar refractivity (Wildman–Crippen MR) is 69.5 cm³/mol. The van der Waals surface area contributed by atoms with Gasteiger partial charge in [0.05, 0.1) is 12.0 Å². The number of amides is 1. The second-order valence-electron chi connectivity index (χ2n) is 5.10. The molecule has 0 unspecified atom stereocenters. The Bertz CT molecular complexity index is 602. The molecule has 3 rings (SSSR count). The van der Waals surface area contributed by atoms with Crippen LogP contribution in [0.1, 0.15) is 18.4 Å². The van der Waals surface area contributed by atoms with E-state index in [0.717, 1.165) is 35.9 Å². The highest BCUT2D eigenvalue weighted by atomic mass is 16.3. The molecule has 0 radical (unpaired) electrons. The molecule has 2 N–H and O–H groups in total. The van der Waals surface area contributed by atoms with Crippen LogP contribution in [0.5, 0.6) is 0 Å². The molecule has 0 saturated heterocycles.